The zero-order valence-corrected chi connectivity index (χ0v) is 14.9. The lowest BCUT2D eigenvalue weighted by molar-refractivity contribution is -0.144. The maximum absolute atomic E-state index is 12.7. The number of carbonyl (C=O) groups excluding carboxylic acids is 1. The molecular weight excluding hydrogens is 340 g/mol. The molecule has 2 aromatic rings. The molecule has 0 bridgehead atoms. The number of fused-ring (bicyclic) bond motifs is 1. The monoisotopic (exact) mass is 358 g/mol. The second-order valence-electron chi connectivity index (χ2n) is 5.79. The largest absolute Gasteiger partial charge is 0.479 e. The molecule has 0 spiro atoms. The van der Waals surface area contributed by atoms with E-state index in [1.807, 2.05) is 37.3 Å². The number of hydrogen-bond donors (Lipinski definition) is 1. The molecule has 2 aromatic carbocycles. The van der Waals surface area contributed by atoms with Gasteiger partial charge in [-0.3, -0.25) is 4.90 Å². The summed E-state index contributed by atoms with van der Waals surface area (Å²) in [6.45, 7) is 3.46. The zero-order valence-electron chi connectivity index (χ0n) is 14.1. The van der Waals surface area contributed by atoms with Crippen LogP contribution in [0.3, 0.4) is 0 Å². The number of benzene rings is 2. The van der Waals surface area contributed by atoms with Crippen LogP contribution in [0.5, 0.6) is 5.75 Å². The normalized spacial score (nSPS) is 14.9. The van der Waals surface area contributed by atoms with Gasteiger partial charge in [0.05, 0.1) is 16.3 Å². The third-order valence-corrected chi connectivity index (χ3v) is 4.96. The quantitative estimate of drug-likeness (QED) is 0.839. The fourth-order valence-electron chi connectivity index (χ4n) is 2.38. The van der Waals surface area contributed by atoms with Crippen molar-refractivity contribution in [3.8, 4) is 5.75 Å². The van der Waals surface area contributed by atoms with Crippen molar-refractivity contribution in [1.82, 2.24) is 0 Å². The number of nitrogens with zero attached hydrogens (tertiary/aromatic N) is 2. The summed E-state index contributed by atoms with van der Waals surface area (Å²) in [6, 6.07) is 12.8. The lowest BCUT2D eigenvalue weighted by Crippen LogP contribution is -2.40. The Kier molecular flexibility index (Phi) is 4.59. The van der Waals surface area contributed by atoms with Crippen molar-refractivity contribution < 1.29 is 19.4 Å². The van der Waals surface area contributed by atoms with E-state index in [0.29, 0.717) is 11.4 Å². The van der Waals surface area contributed by atoms with E-state index in [-0.39, 0.29) is 6.03 Å². The lowest BCUT2D eigenvalue weighted by Gasteiger charge is -2.34. The van der Waals surface area contributed by atoms with Gasteiger partial charge in [0.1, 0.15) is 5.75 Å². The first-order valence-electron chi connectivity index (χ1n) is 7.73. The number of amides is 2. The van der Waals surface area contributed by atoms with Crippen LogP contribution >= 0.6 is 11.9 Å². The first-order chi connectivity index (χ1) is 11.9. The van der Waals surface area contributed by atoms with Crippen LogP contribution in [-0.4, -0.2) is 30.3 Å². The molecule has 2 amide bonds. The standard InChI is InChI=1S/C18H18N2O4S/c1-11-4-6-13(7-5-11)20-18(23)19(3)15-10-14(8-9-16(15)25-20)24-12(2)17(21)22/h4-10,12H,1-3H3,(H,21,22)/t12-/m1/s1. The Labute approximate surface area is 150 Å². The average Bonchev–Trinajstić information content (AvgIpc) is 2.59. The van der Waals surface area contributed by atoms with Crippen molar-refractivity contribution >= 4 is 35.3 Å². The van der Waals surface area contributed by atoms with Crippen LogP contribution in [0, 0.1) is 6.92 Å². The van der Waals surface area contributed by atoms with Crippen molar-refractivity contribution in [3.63, 3.8) is 0 Å². The van der Waals surface area contributed by atoms with E-state index in [0.717, 1.165) is 16.1 Å². The maximum atomic E-state index is 12.7. The van der Waals surface area contributed by atoms with Crippen LogP contribution in [-0.2, 0) is 4.79 Å². The first-order valence-corrected chi connectivity index (χ1v) is 8.50. The van der Waals surface area contributed by atoms with E-state index in [1.54, 1.807) is 23.5 Å². The van der Waals surface area contributed by atoms with Gasteiger partial charge in [0.2, 0.25) is 0 Å². The molecule has 130 valence electrons. The third-order valence-electron chi connectivity index (χ3n) is 3.87. The predicted molar refractivity (Wildman–Crippen MR) is 97.5 cm³/mol. The zero-order chi connectivity index (χ0) is 18.1. The lowest BCUT2D eigenvalue weighted by atomic mass is 10.2. The van der Waals surface area contributed by atoms with Crippen molar-refractivity contribution in [2.24, 2.45) is 0 Å². The second kappa shape index (κ2) is 6.68. The minimum atomic E-state index is -1.04. The predicted octanol–water partition coefficient (Wildman–Crippen LogP) is 3.93. The van der Waals surface area contributed by atoms with Gasteiger partial charge in [-0.25, -0.2) is 13.9 Å². The van der Waals surface area contributed by atoms with Gasteiger partial charge in [0.25, 0.3) is 0 Å². The molecule has 0 aliphatic carbocycles. The number of aryl methyl sites for hydroxylation is 1. The van der Waals surface area contributed by atoms with Gasteiger partial charge in [0, 0.05) is 13.1 Å². The molecule has 7 heteroatoms. The molecule has 0 saturated carbocycles. The molecule has 25 heavy (non-hydrogen) atoms. The van der Waals surface area contributed by atoms with Gasteiger partial charge >= 0.3 is 12.0 Å². The summed E-state index contributed by atoms with van der Waals surface area (Å²) < 4.78 is 7.02. The average molecular weight is 358 g/mol. The van der Waals surface area contributed by atoms with Crippen molar-refractivity contribution in [2.75, 3.05) is 16.3 Å². The molecule has 1 aliphatic heterocycles. The van der Waals surface area contributed by atoms with Crippen LogP contribution in [0.25, 0.3) is 0 Å². The van der Waals surface area contributed by atoms with Crippen LogP contribution in [0.15, 0.2) is 47.4 Å². The fraction of sp³-hybridized carbons (Fsp3) is 0.222. The molecule has 0 unspecified atom stereocenters. The number of anilines is 2. The summed E-state index contributed by atoms with van der Waals surface area (Å²) in [5, 5.41) is 8.96. The summed E-state index contributed by atoms with van der Waals surface area (Å²) in [7, 11) is 1.69. The Balaban J connectivity index is 1.89. The van der Waals surface area contributed by atoms with E-state index in [9.17, 15) is 9.59 Å². The summed E-state index contributed by atoms with van der Waals surface area (Å²) in [6.07, 6.45) is -0.959. The fourth-order valence-corrected chi connectivity index (χ4v) is 3.43. The van der Waals surface area contributed by atoms with Crippen molar-refractivity contribution in [1.29, 1.82) is 0 Å². The Bertz CT molecular complexity index is 822. The first kappa shape index (κ1) is 17.2. The SMILES string of the molecule is Cc1ccc(N2Sc3ccc(O[C@H](C)C(=O)O)cc3N(C)C2=O)cc1. The number of hydrogen-bond acceptors (Lipinski definition) is 4. The van der Waals surface area contributed by atoms with E-state index in [1.165, 1.54) is 23.8 Å². The highest BCUT2D eigenvalue weighted by atomic mass is 32.2. The van der Waals surface area contributed by atoms with Crippen LogP contribution < -0.4 is 13.9 Å². The van der Waals surface area contributed by atoms with Crippen LogP contribution in [0.1, 0.15) is 12.5 Å². The number of rotatable bonds is 4. The molecule has 1 N–H and O–H groups in total. The smallest absolute Gasteiger partial charge is 0.344 e. The van der Waals surface area contributed by atoms with Crippen molar-refractivity contribution in [3.05, 3.63) is 48.0 Å². The summed E-state index contributed by atoms with van der Waals surface area (Å²) in [4.78, 5) is 26.1. The molecule has 0 radical (unpaired) electrons. The number of carboxylic acid groups (broad SMARTS) is 1. The number of carbonyl (C=O) groups is 2. The molecule has 0 saturated heterocycles. The summed E-state index contributed by atoms with van der Waals surface area (Å²) >= 11 is 1.33. The van der Waals surface area contributed by atoms with E-state index in [4.69, 9.17) is 9.84 Å². The molecule has 1 heterocycles. The third kappa shape index (κ3) is 3.41. The molecular formula is C18H18N2O4S. The maximum Gasteiger partial charge on any atom is 0.344 e. The van der Waals surface area contributed by atoms with Gasteiger partial charge < -0.3 is 9.84 Å². The van der Waals surface area contributed by atoms with Gasteiger partial charge in [-0.05, 0) is 50.1 Å². The Morgan fingerprint density at radius 1 is 1.20 bits per heavy atom. The highest BCUT2D eigenvalue weighted by Crippen LogP contribution is 2.42. The highest BCUT2D eigenvalue weighted by Gasteiger charge is 2.30. The van der Waals surface area contributed by atoms with E-state index in [2.05, 4.69) is 0 Å². The summed E-state index contributed by atoms with van der Waals surface area (Å²) in [5.74, 6) is -0.625. The molecule has 0 fully saturated rings. The van der Waals surface area contributed by atoms with Gasteiger partial charge in [0.15, 0.2) is 6.10 Å². The van der Waals surface area contributed by atoms with Crippen LogP contribution in [0.2, 0.25) is 0 Å². The Hall–Kier alpha value is -2.67. The van der Waals surface area contributed by atoms with Gasteiger partial charge in [-0.1, -0.05) is 17.7 Å². The molecule has 1 atom stereocenters. The molecule has 6 nitrogen and oxygen atoms in total. The van der Waals surface area contributed by atoms with Gasteiger partial charge in [-0.2, -0.15) is 0 Å². The molecule has 0 aromatic heterocycles. The van der Waals surface area contributed by atoms with Crippen LogP contribution in [0.4, 0.5) is 16.2 Å². The number of ether oxygens (including phenoxy) is 1. The minimum absolute atomic E-state index is 0.176. The van der Waals surface area contributed by atoms with Gasteiger partial charge in [-0.15, -0.1) is 0 Å². The number of carboxylic acids is 1. The summed E-state index contributed by atoms with van der Waals surface area (Å²) in [5.41, 5.74) is 2.62. The number of aliphatic carboxylic acids is 1. The number of urea groups is 1. The molecule has 1 aliphatic rings. The highest BCUT2D eigenvalue weighted by molar-refractivity contribution is 8.01. The minimum Gasteiger partial charge on any atom is -0.479 e. The van der Waals surface area contributed by atoms with E-state index >= 15 is 0 Å². The topological polar surface area (TPSA) is 70.1 Å². The Morgan fingerprint density at radius 3 is 2.52 bits per heavy atom. The molecule has 3 rings (SSSR count). The second-order valence-corrected chi connectivity index (χ2v) is 6.78. The Morgan fingerprint density at radius 2 is 1.88 bits per heavy atom. The van der Waals surface area contributed by atoms with E-state index < -0.39 is 12.1 Å². The van der Waals surface area contributed by atoms with Crippen molar-refractivity contribution in [2.45, 2.75) is 24.8 Å².